The molecule has 2 nitrogen and oxygen atoms in total. The third-order valence-electron chi connectivity index (χ3n) is 1.23. The number of likely N-dealkylation sites (N-methyl/N-ethyl adjacent to an activating group) is 1. The molecular weight excluding hydrogens is 161 g/mol. The van der Waals surface area contributed by atoms with Crippen molar-refractivity contribution in [2.45, 2.75) is 0 Å². The van der Waals surface area contributed by atoms with Gasteiger partial charge >= 0.3 is 0 Å². The van der Waals surface area contributed by atoms with Gasteiger partial charge in [0.2, 0.25) is 0 Å². The van der Waals surface area contributed by atoms with Crippen LogP contribution in [0.25, 0.3) is 0 Å². The fraction of sp³-hybridized carbons (Fsp3) is 1.00. The first-order chi connectivity index (χ1) is 3.39. The van der Waals surface area contributed by atoms with Crippen molar-refractivity contribution in [1.29, 1.82) is 0 Å². The van der Waals surface area contributed by atoms with Gasteiger partial charge in [0, 0.05) is 13.1 Å². The lowest BCUT2D eigenvalue weighted by molar-refractivity contribution is 0.0503. The summed E-state index contributed by atoms with van der Waals surface area (Å²) in [6, 6.07) is 0. The van der Waals surface area contributed by atoms with Gasteiger partial charge in [0.05, 0.1) is 13.2 Å². The molecule has 1 heterocycles. The van der Waals surface area contributed by atoms with Gasteiger partial charge in [-0.1, -0.05) is 0 Å². The van der Waals surface area contributed by atoms with Crippen LogP contribution in [0.5, 0.6) is 0 Å². The van der Waals surface area contributed by atoms with Gasteiger partial charge in [0.1, 0.15) is 0 Å². The minimum Gasteiger partial charge on any atom is -0.379 e. The SMILES string of the molecule is CN1CCOCC1.Cl.Cl. The topological polar surface area (TPSA) is 12.5 Å². The number of nitrogens with zero attached hydrogens (tertiary/aromatic N) is 1. The summed E-state index contributed by atoms with van der Waals surface area (Å²) < 4.78 is 5.10. The van der Waals surface area contributed by atoms with Crippen LogP contribution >= 0.6 is 24.8 Å². The molecule has 1 fully saturated rings. The first-order valence-electron chi connectivity index (χ1n) is 2.66. The molecule has 0 aliphatic carbocycles. The van der Waals surface area contributed by atoms with E-state index in [4.69, 9.17) is 4.74 Å². The maximum atomic E-state index is 5.10. The maximum absolute atomic E-state index is 5.10. The molecule has 0 unspecified atom stereocenters. The Kier molecular flexibility index (Phi) is 8.97. The molecule has 9 heavy (non-hydrogen) atoms. The second kappa shape index (κ2) is 6.62. The Hall–Kier alpha value is 0.500. The van der Waals surface area contributed by atoms with Crippen molar-refractivity contribution in [1.82, 2.24) is 4.90 Å². The fourth-order valence-corrected chi connectivity index (χ4v) is 0.655. The van der Waals surface area contributed by atoms with Gasteiger partial charge in [-0.15, -0.1) is 24.8 Å². The van der Waals surface area contributed by atoms with Crippen LogP contribution in [0.1, 0.15) is 0 Å². The lowest BCUT2D eigenvalue weighted by Gasteiger charge is -2.21. The normalized spacial score (nSPS) is 19.7. The summed E-state index contributed by atoms with van der Waals surface area (Å²) >= 11 is 0. The Bertz CT molecular complexity index is 56.9. The predicted octanol–water partition coefficient (Wildman–Crippen LogP) is 0.792. The average Bonchev–Trinajstić information content (AvgIpc) is 1.69. The third kappa shape index (κ3) is 4.97. The van der Waals surface area contributed by atoms with Crippen LogP contribution in [0.3, 0.4) is 0 Å². The molecule has 4 heteroatoms. The number of ether oxygens (including phenoxy) is 1. The van der Waals surface area contributed by atoms with Crippen molar-refractivity contribution < 1.29 is 4.74 Å². The van der Waals surface area contributed by atoms with Crippen molar-refractivity contribution in [3.05, 3.63) is 0 Å². The zero-order valence-corrected chi connectivity index (χ0v) is 7.13. The van der Waals surface area contributed by atoms with E-state index in [9.17, 15) is 0 Å². The molecule has 0 atom stereocenters. The van der Waals surface area contributed by atoms with Gasteiger partial charge < -0.3 is 9.64 Å². The number of halogens is 2. The molecule has 0 aromatic rings. The molecule has 0 spiro atoms. The van der Waals surface area contributed by atoms with Crippen molar-refractivity contribution >= 4 is 24.8 Å². The summed E-state index contributed by atoms with van der Waals surface area (Å²) in [4.78, 5) is 2.27. The predicted molar refractivity (Wildman–Crippen MR) is 42.8 cm³/mol. The summed E-state index contributed by atoms with van der Waals surface area (Å²) in [5, 5.41) is 0. The van der Waals surface area contributed by atoms with Gasteiger partial charge in [0.15, 0.2) is 0 Å². The summed E-state index contributed by atoms with van der Waals surface area (Å²) in [5.74, 6) is 0. The van der Waals surface area contributed by atoms with E-state index in [0.717, 1.165) is 26.3 Å². The summed E-state index contributed by atoms with van der Waals surface area (Å²) in [5.41, 5.74) is 0. The van der Waals surface area contributed by atoms with Crippen LogP contribution in [0, 0.1) is 0 Å². The molecule has 58 valence electrons. The molecule has 1 saturated heterocycles. The molecule has 0 N–H and O–H groups in total. The Morgan fingerprint density at radius 1 is 1.11 bits per heavy atom. The van der Waals surface area contributed by atoms with E-state index in [1.165, 1.54) is 0 Å². The van der Waals surface area contributed by atoms with Crippen LogP contribution in [-0.2, 0) is 4.74 Å². The van der Waals surface area contributed by atoms with Gasteiger partial charge in [-0.25, -0.2) is 0 Å². The van der Waals surface area contributed by atoms with Gasteiger partial charge in [-0.3, -0.25) is 0 Å². The van der Waals surface area contributed by atoms with Crippen LogP contribution in [-0.4, -0.2) is 38.3 Å². The molecule has 1 aliphatic rings. The zero-order chi connectivity index (χ0) is 5.11. The Morgan fingerprint density at radius 3 is 1.78 bits per heavy atom. The van der Waals surface area contributed by atoms with Crippen molar-refractivity contribution in [2.75, 3.05) is 33.4 Å². The van der Waals surface area contributed by atoms with Gasteiger partial charge in [-0.2, -0.15) is 0 Å². The fourth-order valence-electron chi connectivity index (χ4n) is 0.655. The van der Waals surface area contributed by atoms with E-state index in [0.29, 0.717) is 0 Å². The Morgan fingerprint density at radius 2 is 1.56 bits per heavy atom. The standard InChI is InChI=1S/C5H11NO.2ClH/c1-6-2-4-7-5-3-6;;/h2-5H2,1H3;2*1H. The molecule has 0 bridgehead atoms. The number of hydrogen-bond acceptors (Lipinski definition) is 2. The lowest BCUT2D eigenvalue weighted by Crippen LogP contribution is -2.32. The molecule has 1 aliphatic heterocycles. The average molecular weight is 174 g/mol. The Labute approximate surface area is 68.4 Å². The maximum Gasteiger partial charge on any atom is 0.0594 e. The van der Waals surface area contributed by atoms with Gasteiger partial charge in [0.25, 0.3) is 0 Å². The smallest absolute Gasteiger partial charge is 0.0594 e. The van der Waals surface area contributed by atoms with Crippen molar-refractivity contribution in [2.24, 2.45) is 0 Å². The zero-order valence-electron chi connectivity index (χ0n) is 5.50. The second-order valence-electron chi connectivity index (χ2n) is 1.92. The van der Waals surface area contributed by atoms with Crippen molar-refractivity contribution in [3.8, 4) is 0 Å². The van der Waals surface area contributed by atoms with E-state index in [-0.39, 0.29) is 24.8 Å². The first-order valence-corrected chi connectivity index (χ1v) is 2.66. The highest BCUT2D eigenvalue weighted by molar-refractivity contribution is 5.85. The molecule has 0 amide bonds. The van der Waals surface area contributed by atoms with Crippen molar-refractivity contribution in [3.63, 3.8) is 0 Å². The molecule has 0 aromatic carbocycles. The summed E-state index contributed by atoms with van der Waals surface area (Å²) in [6.07, 6.45) is 0. The highest BCUT2D eigenvalue weighted by Crippen LogP contribution is 1.89. The van der Waals surface area contributed by atoms with E-state index in [2.05, 4.69) is 11.9 Å². The van der Waals surface area contributed by atoms with Crippen LogP contribution < -0.4 is 0 Å². The first kappa shape index (κ1) is 12.2. The highest BCUT2D eigenvalue weighted by Gasteiger charge is 2.02. The number of hydrogen-bond donors (Lipinski definition) is 0. The summed E-state index contributed by atoms with van der Waals surface area (Å²) in [6.45, 7) is 4.02. The third-order valence-corrected chi connectivity index (χ3v) is 1.23. The van der Waals surface area contributed by atoms with E-state index >= 15 is 0 Å². The molecular formula is C5H13Cl2NO. The number of morpholine rings is 1. The molecule has 0 saturated carbocycles. The van der Waals surface area contributed by atoms with E-state index in [1.807, 2.05) is 0 Å². The molecule has 0 radical (unpaired) electrons. The summed E-state index contributed by atoms with van der Waals surface area (Å²) in [7, 11) is 2.11. The van der Waals surface area contributed by atoms with Crippen LogP contribution in [0.4, 0.5) is 0 Å². The quantitative estimate of drug-likeness (QED) is 0.538. The molecule has 1 rings (SSSR count). The lowest BCUT2D eigenvalue weighted by atomic mass is 10.5. The largest absolute Gasteiger partial charge is 0.379 e. The number of rotatable bonds is 0. The highest BCUT2D eigenvalue weighted by atomic mass is 35.5. The van der Waals surface area contributed by atoms with E-state index in [1.54, 1.807) is 0 Å². The minimum absolute atomic E-state index is 0. The van der Waals surface area contributed by atoms with Gasteiger partial charge in [-0.05, 0) is 7.05 Å². The monoisotopic (exact) mass is 173 g/mol. The Balaban J connectivity index is 0. The van der Waals surface area contributed by atoms with Crippen LogP contribution in [0.15, 0.2) is 0 Å². The van der Waals surface area contributed by atoms with E-state index < -0.39 is 0 Å². The minimum atomic E-state index is 0. The van der Waals surface area contributed by atoms with Crippen LogP contribution in [0.2, 0.25) is 0 Å². The molecule has 0 aromatic heterocycles. The second-order valence-corrected chi connectivity index (χ2v) is 1.92.